The summed E-state index contributed by atoms with van der Waals surface area (Å²) in [7, 11) is 0. The molecular weight excluding hydrogens is 286 g/mol. The number of nitrogens with one attached hydrogen (secondary N) is 1. The van der Waals surface area contributed by atoms with Crippen molar-refractivity contribution in [2.75, 3.05) is 0 Å². The van der Waals surface area contributed by atoms with Crippen LogP contribution in [0.2, 0.25) is 0 Å². The number of carboxylic acids is 1. The zero-order valence-corrected chi connectivity index (χ0v) is 11.2. The number of carbonyl (C=O) groups excluding carboxylic acids is 1. The molecule has 1 aromatic rings. The molecule has 0 spiro atoms. The van der Waals surface area contributed by atoms with E-state index in [1.807, 2.05) is 24.3 Å². The summed E-state index contributed by atoms with van der Waals surface area (Å²) in [5.74, 6) is -1.37. The fourth-order valence-corrected chi connectivity index (χ4v) is 1.69. The molecule has 1 amide bonds. The molecule has 92 valence electrons. The number of hydrogen-bond donors (Lipinski definition) is 2. The number of benzene rings is 1. The third kappa shape index (κ3) is 3.85. The number of carbonyl (C=O) groups is 2. The Hall–Kier alpha value is -1.36. The molecule has 0 atom stereocenters. The van der Waals surface area contributed by atoms with Crippen molar-refractivity contribution in [3.8, 4) is 0 Å². The molecule has 0 heterocycles. The molecule has 0 aliphatic heterocycles. The number of carboxylic acid groups (broad SMARTS) is 1. The second kappa shape index (κ2) is 5.31. The van der Waals surface area contributed by atoms with Gasteiger partial charge >= 0.3 is 5.97 Å². The van der Waals surface area contributed by atoms with E-state index in [1.54, 1.807) is 0 Å². The van der Waals surface area contributed by atoms with Gasteiger partial charge in [0.15, 0.2) is 0 Å². The van der Waals surface area contributed by atoms with Crippen LogP contribution >= 0.6 is 15.9 Å². The second-order valence-electron chi connectivity index (χ2n) is 4.25. The van der Waals surface area contributed by atoms with Crippen molar-refractivity contribution in [3.05, 3.63) is 34.3 Å². The Labute approximate surface area is 108 Å². The molecular formula is C12H14BrNO3. The summed E-state index contributed by atoms with van der Waals surface area (Å²) in [5, 5.41) is 11.4. The van der Waals surface area contributed by atoms with E-state index in [0.29, 0.717) is 0 Å². The Bertz CT molecular complexity index is 443. The SMILES string of the molecule is CC(C)(NC(=O)Cc1ccccc1Br)C(=O)O. The minimum atomic E-state index is -1.25. The van der Waals surface area contributed by atoms with E-state index in [9.17, 15) is 9.59 Å². The highest BCUT2D eigenvalue weighted by Gasteiger charge is 2.28. The minimum absolute atomic E-state index is 0.151. The maximum absolute atomic E-state index is 11.7. The molecule has 1 aromatic carbocycles. The van der Waals surface area contributed by atoms with Gasteiger partial charge in [-0.1, -0.05) is 34.1 Å². The number of hydrogen-bond acceptors (Lipinski definition) is 2. The molecule has 2 N–H and O–H groups in total. The van der Waals surface area contributed by atoms with Crippen molar-refractivity contribution >= 4 is 27.8 Å². The summed E-state index contributed by atoms with van der Waals surface area (Å²) in [4.78, 5) is 22.5. The maximum atomic E-state index is 11.7. The van der Waals surface area contributed by atoms with Gasteiger partial charge in [-0.25, -0.2) is 4.79 Å². The smallest absolute Gasteiger partial charge is 0.328 e. The number of aliphatic carboxylic acids is 1. The lowest BCUT2D eigenvalue weighted by Crippen LogP contribution is -2.50. The number of rotatable bonds is 4. The van der Waals surface area contributed by atoms with Gasteiger partial charge in [-0.05, 0) is 25.5 Å². The van der Waals surface area contributed by atoms with E-state index in [2.05, 4.69) is 21.2 Å². The van der Waals surface area contributed by atoms with Crippen LogP contribution < -0.4 is 5.32 Å². The molecule has 0 saturated heterocycles. The number of halogens is 1. The predicted octanol–water partition coefficient (Wildman–Crippen LogP) is 1.97. The van der Waals surface area contributed by atoms with E-state index in [4.69, 9.17) is 5.11 Å². The Morgan fingerprint density at radius 3 is 2.47 bits per heavy atom. The van der Waals surface area contributed by atoms with Crippen LogP contribution in [0.15, 0.2) is 28.7 Å². The van der Waals surface area contributed by atoms with Crippen molar-refractivity contribution in [1.29, 1.82) is 0 Å². The molecule has 0 saturated carbocycles. The summed E-state index contributed by atoms with van der Waals surface area (Å²) < 4.78 is 0.836. The standard InChI is InChI=1S/C12H14BrNO3/c1-12(2,11(16)17)14-10(15)7-8-5-3-4-6-9(8)13/h3-6H,7H2,1-2H3,(H,14,15)(H,16,17). The van der Waals surface area contributed by atoms with Gasteiger partial charge in [0.05, 0.1) is 6.42 Å². The second-order valence-corrected chi connectivity index (χ2v) is 5.10. The summed E-state index contributed by atoms with van der Waals surface area (Å²) in [6.07, 6.45) is 0.151. The molecule has 0 aromatic heterocycles. The molecule has 1 rings (SSSR count). The fourth-order valence-electron chi connectivity index (χ4n) is 1.26. The quantitative estimate of drug-likeness (QED) is 0.893. The zero-order chi connectivity index (χ0) is 13.1. The van der Waals surface area contributed by atoms with Crippen molar-refractivity contribution in [2.45, 2.75) is 25.8 Å². The first-order chi connectivity index (χ1) is 7.83. The average Bonchev–Trinajstić information content (AvgIpc) is 2.20. The first kappa shape index (κ1) is 13.7. The topological polar surface area (TPSA) is 66.4 Å². The molecule has 0 radical (unpaired) electrons. The van der Waals surface area contributed by atoms with Crippen molar-refractivity contribution in [1.82, 2.24) is 5.32 Å². The van der Waals surface area contributed by atoms with E-state index in [0.717, 1.165) is 10.0 Å². The van der Waals surface area contributed by atoms with E-state index in [-0.39, 0.29) is 12.3 Å². The highest BCUT2D eigenvalue weighted by Crippen LogP contribution is 2.16. The first-order valence-electron chi connectivity index (χ1n) is 5.11. The van der Waals surface area contributed by atoms with Gasteiger partial charge < -0.3 is 10.4 Å². The molecule has 0 aliphatic rings. The largest absolute Gasteiger partial charge is 0.480 e. The first-order valence-corrected chi connectivity index (χ1v) is 5.90. The minimum Gasteiger partial charge on any atom is -0.480 e. The van der Waals surface area contributed by atoms with Crippen molar-refractivity contribution < 1.29 is 14.7 Å². The van der Waals surface area contributed by atoms with Gasteiger partial charge in [0.2, 0.25) is 5.91 Å². The fraction of sp³-hybridized carbons (Fsp3) is 0.333. The summed E-state index contributed by atoms with van der Waals surface area (Å²) >= 11 is 3.34. The van der Waals surface area contributed by atoms with E-state index in [1.165, 1.54) is 13.8 Å². The van der Waals surface area contributed by atoms with E-state index >= 15 is 0 Å². The molecule has 0 fully saturated rings. The van der Waals surface area contributed by atoms with Crippen LogP contribution in [0.25, 0.3) is 0 Å². The van der Waals surface area contributed by atoms with Gasteiger partial charge in [-0.15, -0.1) is 0 Å². The summed E-state index contributed by atoms with van der Waals surface area (Å²) in [6.45, 7) is 2.90. The Kier molecular flexibility index (Phi) is 4.28. The van der Waals surface area contributed by atoms with E-state index < -0.39 is 11.5 Å². The van der Waals surface area contributed by atoms with Crippen LogP contribution in [0.3, 0.4) is 0 Å². The van der Waals surface area contributed by atoms with Gasteiger partial charge in [0, 0.05) is 4.47 Å². The van der Waals surface area contributed by atoms with Crippen LogP contribution in [0.4, 0.5) is 0 Å². The van der Waals surface area contributed by atoms with Crippen molar-refractivity contribution in [3.63, 3.8) is 0 Å². The molecule has 0 aliphatic carbocycles. The van der Waals surface area contributed by atoms with Crippen LogP contribution in [0, 0.1) is 0 Å². The lowest BCUT2D eigenvalue weighted by Gasteiger charge is -2.21. The monoisotopic (exact) mass is 299 g/mol. The van der Waals surface area contributed by atoms with Crippen LogP contribution in [-0.2, 0) is 16.0 Å². The zero-order valence-electron chi connectivity index (χ0n) is 9.66. The maximum Gasteiger partial charge on any atom is 0.328 e. The third-order valence-corrected chi connectivity index (χ3v) is 3.07. The highest BCUT2D eigenvalue weighted by molar-refractivity contribution is 9.10. The Morgan fingerprint density at radius 1 is 1.35 bits per heavy atom. The number of amides is 1. The molecule has 5 heteroatoms. The Balaban J connectivity index is 2.69. The lowest BCUT2D eigenvalue weighted by atomic mass is 10.1. The molecule has 0 bridgehead atoms. The molecule has 17 heavy (non-hydrogen) atoms. The average molecular weight is 300 g/mol. The van der Waals surface area contributed by atoms with Crippen LogP contribution in [-0.4, -0.2) is 22.5 Å². The molecule has 0 unspecified atom stereocenters. The van der Waals surface area contributed by atoms with Gasteiger partial charge in [0.25, 0.3) is 0 Å². The Morgan fingerprint density at radius 2 is 1.94 bits per heavy atom. The van der Waals surface area contributed by atoms with Crippen molar-refractivity contribution in [2.24, 2.45) is 0 Å². The highest BCUT2D eigenvalue weighted by atomic mass is 79.9. The summed E-state index contributed by atoms with van der Waals surface area (Å²) in [5.41, 5.74) is -0.426. The van der Waals surface area contributed by atoms with Gasteiger partial charge in [-0.2, -0.15) is 0 Å². The summed E-state index contributed by atoms with van der Waals surface area (Å²) in [6, 6.07) is 7.34. The third-order valence-electron chi connectivity index (χ3n) is 2.30. The lowest BCUT2D eigenvalue weighted by molar-refractivity contribution is -0.145. The normalized spacial score (nSPS) is 11.0. The molecule has 4 nitrogen and oxygen atoms in total. The van der Waals surface area contributed by atoms with Crippen LogP contribution in [0.5, 0.6) is 0 Å². The predicted molar refractivity (Wildman–Crippen MR) is 67.7 cm³/mol. The van der Waals surface area contributed by atoms with Gasteiger partial charge in [-0.3, -0.25) is 4.79 Å². The van der Waals surface area contributed by atoms with Gasteiger partial charge in [0.1, 0.15) is 5.54 Å². The van der Waals surface area contributed by atoms with Crippen LogP contribution in [0.1, 0.15) is 19.4 Å².